The van der Waals surface area contributed by atoms with Crippen molar-refractivity contribution in [1.29, 1.82) is 0 Å². The number of aliphatic hydroxyl groups excluding tert-OH is 1. The summed E-state index contributed by atoms with van der Waals surface area (Å²) in [4.78, 5) is 5.30. The molecule has 1 unspecified atom stereocenters. The summed E-state index contributed by atoms with van der Waals surface area (Å²) in [6.45, 7) is 6.28. The van der Waals surface area contributed by atoms with E-state index in [0.29, 0.717) is 12.3 Å². The van der Waals surface area contributed by atoms with Gasteiger partial charge < -0.3 is 14.6 Å². The molecular formula is C14H23NO4. The lowest BCUT2D eigenvalue weighted by atomic mass is 10.2. The normalized spacial score (nSPS) is 13.1. The van der Waals surface area contributed by atoms with Gasteiger partial charge in [-0.05, 0) is 32.9 Å². The lowest BCUT2D eigenvalue weighted by Crippen LogP contribution is -2.36. The average Bonchev–Trinajstić information content (AvgIpc) is 2.35. The molecule has 5 heteroatoms. The van der Waals surface area contributed by atoms with E-state index in [1.165, 1.54) is 0 Å². The Labute approximate surface area is 114 Å². The van der Waals surface area contributed by atoms with Gasteiger partial charge in [-0.3, -0.25) is 4.84 Å². The van der Waals surface area contributed by atoms with E-state index in [0.717, 1.165) is 5.75 Å². The highest BCUT2D eigenvalue weighted by molar-refractivity contribution is 5.32. The molecule has 1 atom stereocenters. The van der Waals surface area contributed by atoms with Gasteiger partial charge in [0, 0.05) is 6.07 Å². The molecule has 0 heterocycles. The summed E-state index contributed by atoms with van der Waals surface area (Å²) in [6.07, 6.45) is -0.645. The van der Waals surface area contributed by atoms with Gasteiger partial charge >= 0.3 is 0 Å². The van der Waals surface area contributed by atoms with Crippen LogP contribution in [0, 0.1) is 0 Å². The van der Waals surface area contributed by atoms with Crippen LogP contribution in [-0.4, -0.2) is 37.1 Å². The number of hydroxylamine groups is 1. The smallest absolute Gasteiger partial charge is 0.123 e. The van der Waals surface area contributed by atoms with E-state index in [-0.39, 0.29) is 12.2 Å². The van der Waals surface area contributed by atoms with E-state index < -0.39 is 6.10 Å². The lowest BCUT2D eigenvalue weighted by Gasteiger charge is -2.21. The van der Waals surface area contributed by atoms with Crippen LogP contribution < -0.4 is 15.0 Å². The van der Waals surface area contributed by atoms with E-state index in [9.17, 15) is 5.11 Å². The third-order valence-electron chi connectivity index (χ3n) is 2.18. The van der Waals surface area contributed by atoms with Crippen LogP contribution in [-0.2, 0) is 4.84 Å². The summed E-state index contributed by atoms with van der Waals surface area (Å²) in [5.74, 6) is 1.39. The van der Waals surface area contributed by atoms with E-state index >= 15 is 0 Å². The fourth-order valence-electron chi connectivity index (χ4n) is 1.30. The van der Waals surface area contributed by atoms with Crippen molar-refractivity contribution in [3.8, 4) is 11.5 Å². The van der Waals surface area contributed by atoms with E-state index in [2.05, 4.69) is 5.48 Å². The van der Waals surface area contributed by atoms with Gasteiger partial charge in [0.1, 0.15) is 24.2 Å². The first-order valence-corrected chi connectivity index (χ1v) is 6.26. The lowest BCUT2D eigenvalue weighted by molar-refractivity contribution is -0.0857. The SMILES string of the molecule is COc1cccc(OCC(O)CNOC(C)(C)C)c1. The number of nitrogens with one attached hydrogen (secondary N) is 1. The molecule has 2 N–H and O–H groups in total. The molecular weight excluding hydrogens is 246 g/mol. The summed E-state index contributed by atoms with van der Waals surface area (Å²) in [5, 5.41) is 9.74. The van der Waals surface area contributed by atoms with Crippen molar-refractivity contribution < 1.29 is 19.4 Å². The average molecular weight is 269 g/mol. The molecule has 108 valence electrons. The van der Waals surface area contributed by atoms with Crippen molar-refractivity contribution in [2.24, 2.45) is 0 Å². The zero-order valence-electron chi connectivity index (χ0n) is 12.0. The van der Waals surface area contributed by atoms with Crippen LogP contribution in [0.15, 0.2) is 24.3 Å². The summed E-state index contributed by atoms with van der Waals surface area (Å²) >= 11 is 0. The van der Waals surface area contributed by atoms with Gasteiger partial charge in [-0.2, -0.15) is 5.48 Å². The van der Waals surface area contributed by atoms with Gasteiger partial charge in [-0.15, -0.1) is 0 Å². The maximum Gasteiger partial charge on any atom is 0.123 e. The Morgan fingerprint density at radius 1 is 1.26 bits per heavy atom. The number of methoxy groups -OCH3 is 1. The monoisotopic (exact) mass is 269 g/mol. The van der Waals surface area contributed by atoms with Crippen LogP contribution in [0.4, 0.5) is 0 Å². The molecule has 0 aliphatic carbocycles. The Balaban J connectivity index is 2.27. The topological polar surface area (TPSA) is 60.0 Å². The maximum atomic E-state index is 9.74. The van der Waals surface area contributed by atoms with Crippen LogP contribution in [0.2, 0.25) is 0 Å². The standard InChI is InChI=1S/C14H23NO4/c1-14(2,3)19-15-9-11(16)10-18-13-7-5-6-12(8-13)17-4/h5-8,11,15-16H,9-10H2,1-4H3. The van der Waals surface area contributed by atoms with Crippen LogP contribution >= 0.6 is 0 Å². The van der Waals surface area contributed by atoms with E-state index in [1.807, 2.05) is 39.0 Å². The van der Waals surface area contributed by atoms with Gasteiger partial charge in [0.15, 0.2) is 0 Å². The molecule has 0 spiro atoms. The predicted octanol–water partition coefficient (Wildman–Crippen LogP) is 1.75. The fourth-order valence-corrected chi connectivity index (χ4v) is 1.30. The summed E-state index contributed by atoms with van der Waals surface area (Å²) < 4.78 is 10.6. The molecule has 0 fully saturated rings. The number of hydrogen-bond acceptors (Lipinski definition) is 5. The molecule has 0 radical (unpaired) electrons. The highest BCUT2D eigenvalue weighted by atomic mass is 16.7. The second-order valence-electron chi connectivity index (χ2n) is 5.21. The van der Waals surface area contributed by atoms with Crippen molar-refractivity contribution in [3.05, 3.63) is 24.3 Å². The molecule has 0 aliphatic rings. The highest BCUT2D eigenvalue weighted by Gasteiger charge is 2.12. The zero-order chi connectivity index (χ0) is 14.3. The van der Waals surface area contributed by atoms with Crippen molar-refractivity contribution in [1.82, 2.24) is 5.48 Å². The van der Waals surface area contributed by atoms with Crippen LogP contribution in [0.1, 0.15) is 20.8 Å². The minimum Gasteiger partial charge on any atom is -0.497 e. The van der Waals surface area contributed by atoms with Crippen molar-refractivity contribution in [2.45, 2.75) is 32.5 Å². The second kappa shape index (κ2) is 7.33. The molecule has 1 aromatic rings. The molecule has 0 amide bonds. The van der Waals surface area contributed by atoms with E-state index in [1.54, 1.807) is 13.2 Å². The molecule has 0 aliphatic heterocycles. The molecule has 0 saturated heterocycles. The molecule has 0 saturated carbocycles. The Bertz CT molecular complexity index is 376. The van der Waals surface area contributed by atoms with Crippen LogP contribution in [0.5, 0.6) is 11.5 Å². The predicted molar refractivity (Wildman–Crippen MR) is 73.3 cm³/mol. The highest BCUT2D eigenvalue weighted by Crippen LogP contribution is 2.18. The first-order valence-electron chi connectivity index (χ1n) is 6.26. The number of rotatable bonds is 7. The first kappa shape index (κ1) is 15.8. The fraction of sp³-hybridized carbons (Fsp3) is 0.571. The third kappa shape index (κ3) is 7.00. The number of benzene rings is 1. The van der Waals surface area contributed by atoms with Crippen LogP contribution in [0.25, 0.3) is 0 Å². The van der Waals surface area contributed by atoms with E-state index in [4.69, 9.17) is 14.3 Å². The van der Waals surface area contributed by atoms with Crippen molar-refractivity contribution in [3.63, 3.8) is 0 Å². The molecule has 5 nitrogen and oxygen atoms in total. The summed E-state index contributed by atoms with van der Waals surface area (Å²) in [6, 6.07) is 7.25. The third-order valence-corrected chi connectivity index (χ3v) is 2.18. The van der Waals surface area contributed by atoms with Gasteiger partial charge in [-0.1, -0.05) is 6.07 Å². The zero-order valence-corrected chi connectivity index (χ0v) is 12.0. The minimum atomic E-state index is -0.645. The largest absolute Gasteiger partial charge is 0.497 e. The van der Waals surface area contributed by atoms with Crippen molar-refractivity contribution >= 4 is 0 Å². The summed E-state index contributed by atoms with van der Waals surface area (Å²) in [7, 11) is 1.60. The van der Waals surface area contributed by atoms with Crippen molar-refractivity contribution in [2.75, 3.05) is 20.3 Å². The van der Waals surface area contributed by atoms with Gasteiger partial charge in [-0.25, -0.2) is 0 Å². The second-order valence-corrected chi connectivity index (χ2v) is 5.21. The van der Waals surface area contributed by atoms with Crippen LogP contribution in [0.3, 0.4) is 0 Å². The van der Waals surface area contributed by atoms with Gasteiger partial charge in [0.25, 0.3) is 0 Å². The Morgan fingerprint density at radius 2 is 1.95 bits per heavy atom. The Kier molecular flexibility index (Phi) is 6.08. The Morgan fingerprint density at radius 3 is 2.58 bits per heavy atom. The number of aliphatic hydroxyl groups is 1. The first-order chi connectivity index (χ1) is 8.90. The molecule has 0 aromatic heterocycles. The molecule has 1 rings (SSSR count). The summed E-state index contributed by atoms with van der Waals surface area (Å²) in [5.41, 5.74) is 2.44. The molecule has 19 heavy (non-hydrogen) atoms. The van der Waals surface area contributed by atoms with Gasteiger partial charge in [0.2, 0.25) is 0 Å². The minimum absolute atomic E-state index is 0.188. The number of hydrogen-bond donors (Lipinski definition) is 2. The quantitative estimate of drug-likeness (QED) is 0.739. The Hall–Kier alpha value is -1.30. The molecule has 0 bridgehead atoms. The maximum absolute atomic E-state index is 9.74. The van der Waals surface area contributed by atoms with Gasteiger partial charge in [0.05, 0.1) is 19.3 Å². The molecule has 1 aromatic carbocycles. The number of ether oxygens (including phenoxy) is 2.